The van der Waals surface area contributed by atoms with Crippen molar-refractivity contribution in [2.75, 3.05) is 11.1 Å². The fourth-order valence-electron chi connectivity index (χ4n) is 2.88. The Labute approximate surface area is 208 Å². The van der Waals surface area contributed by atoms with Crippen molar-refractivity contribution in [3.05, 3.63) is 86.8 Å². The number of hydrogen-bond acceptors (Lipinski definition) is 4. The van der Waals surface area contributed by atoms with Gasteiger partial charge in [-0.15, -0.1) is 10.2 Å². The summed E-state index contributed by atoms with van der Waals surface area (Å²) in [4.78, 5) is 12.5. The van der Waals surface area contributed by atoms with Crippen LogP contribution in [-0.2, 0) is 4.79 Å². The topological polar surface area (TPSA) is 59.8 Å². The second-order valence-corrected chi connectivity index (χ2v) is 9.24. The molecule has 0 atom stereocenters. The summed E-state index contributed by atoms with van der Waals surface area (Å²) in [5.41, 5.74) is 2.14. The summed E-state index contributed by atoms with van der Waals surface area (Å²) in [6, 6.07) is 19.5. The maximum Gasteiger partial charge on any atom is 0.234 e. The van der Waals surface area contributed by atoms with E-state index in [9.17, 15) is 4.79 Å². The number of hydrogen-bond donors (Lipinski definition) is 1. The Balaban J connectivity index is 1.60. The average molecular weight is 524 g/mol. The molecule has 3 aromatic carbocycles. The zero-order chi connectivity index (χ0) is 22.7. The van der Waals surface area contributed by atoms with Crippen LogP contribution in [0.4, 0.5) is 5.69 Å². The molecule has 0 aliphatic carbocycles. The summed E-state index contributed by atoms with van der Waals surface area (Å²) in [5.74, 6) is 0.483. The Morgan fingerprint density at radius 2 is 1.47 bits per heavy atom. The summed E-state index contributed by atoms with van der Waals surface area (Å²) in [5, 5.41) is 14.1. The highest BCUT2D eigenvalue weighted by atomic mass is 35.5. The standard InChI is InChI=1S/C22H14Cl4N4OS/c23-14-3-1-13(2-4-14)21-28-29-22(30(21)17-8-5-15(24)6-9-17)32-12-20(31)27-19-10-7-16(25)11-18(19)26/h1-11H,12H2,(H,27,31). The molecule has 1 amide bonds. The van der Waals surface area contributed by atoms with Crippen LogP contribution in [0.3, 0.4) is 0 Å². The molecule has 1 N–H and O–H groups in total. The molecule has 0 saturated carbocycles. The summed E-state index contributed by atoms with van der Waals surface area (Å²) >= 11 is 25.4. The van der Waals surface area contributed by atoms with Crippen LogP contribution in [0.1, 0.15) is 0 Å². The highest BCUT2D eigenvalue weighted by Gasteiger charge is 2.18. The van der Waals surface area contributed by atoms with Crippen LogP contribution in [-0.4, -0.2) is 26.4 Å². The monoisotopic (exact) mass is 522 g/mol. The van der Waals surface area contributed by atoms with Crippen molar-refractivity contribution in [1.29, 1.82) is 0 Å². The minimum absolute atomic E-state index is 0.102. The van der Waals surface area contributed by atoms with Gasteiger partial charge in [0, 0.05) is 26.3 Å². The van der Waals surface area contributed by atoms with Gasteiger partial charge in [0.2, 0.25) is 5.91 Å². The van der Waals surface area contributed by atoms with Crippen molar-refractivity contribution < 1.29 is 4.79 Å². The van der Waals surface area contributed by atoms with Gasteiger partial charge in [-0.3, -0.25) is 9.36 Å². The summed E-state index contributed by atoms with van der Waals surface area (Å²) < 4.78 is 1.87. The number of halogens is 4. The van der Waals surface area contributed by atoms with E-state index in [1.165, 1.54) is 11.8 Å². The maximum absolute atomic E-state index is 12.5. The third-order valence-corrected chi connectivity index (χ3v) is 6.34. The second-order valence-electron chi connectivity index (χ2n) is 6.59. The van der Waals surface area contributed by atoms with Gasteiger partial charge in [-0.1, -0.05) is 58.2 Å². The van der Waals surface area contributed by atoms with Crippen LogP contribution in [0.15, 0.2) is 71.9 Å². The lowest BCUT2D eigenvalue weighted by Gasteiger charge is -2.11. The smallest absolute Gasteiger partial charge is 0.234 e. The summed E-state index contributed by atoms with van der Waals surface area (Å²) in [6.45, 7) is 0. The number of nitrogens with one attached hydrogen (secondary N) is 1. The van der Waals surface area contributed by atoms with Crippen LogP contribution in [0.25, 0.3) is 17.1 Å². The lowest BCUT2D eigenvalue weighted by Crippen LogP contribution is -2.15. The van der Waals surface area contributed by atoms with Crippen molar-refractivity contribution in [3.63, 3.8) is 0 Å². The van der Waals surface area contributed by atoms with Crippen LogP contribution in [0.5, 0.6) is 0 Å². The SMILES string of the molecule is O=C(CSc1nnc(-c2ccc(Cl)cc2)n1-c1ccc(Cl)cc1)Nc1ccc(Cl)cc1Cl. The van der Waals surface area contributed by atoms with Crippen molar-refractivity contribution in [2.24, 2.45) is 0 Å². The molecule has 0 fully saturated rings. The molecule has 5 nitrogen and oxygen atoms in total. The third kappa shape index (κ3) is 5.39. The van der Waals surface area contributed by atoms with E-state index < -0.39 is 0 Å². The Morgan fingerprint density at radius 1 is 0.844 bits per heavy atom. The van der Waals surface area contributed by atoms with Gasteiger partial charge in [0.15, 0.2) is 11.0 Å². The number of aromatic nitrogens is 3. The Bertz CT molecular complexity index is 1260. The average Bonchev–Trinajstić information content (AvgIpc) is 3.19. The number of nitrogens with zero attached hydrogens (tertiary/aromatic N) is 3. The molecule has 4 aromatic rings. The van der Waals surface area contributed by atoms with Gasteiger partial charge in [-0.25, -0.2) is 0 Å². The zero-order valence-corrected chi connectivity index (χ0v) is 20.1. The molecule has 0 bridgehead atoms. The molecule has 0 aliphatic heterocycles. The van der Waals surface area contributed by atoms with E-state index in [0.29, 0.717) is 36.8 Å². The number of thioether (sulfide) groups is 1. The van der Waals surface area contributed by atoms with Crippen LogP contribution < -0.4 is 5.32 Å². The number of amides is 1. The molecule has 0 spiro atoms. The Hall–Kier alpha value is -2.22. The Kier molecular flexibility index (Phi) is 7.28. The molecule has 162 valence electrons. The normalized spacial score (nSPS) is 10.9. The summed E-state index contributed by atoms with van der Waals surface area (Å²) in [6.07, 6.45) is 0. The van der Waals surface area contributed by atoms with Crippen molar-refractivity contribution in [3.8, 4) is 17.1 Å². The van der Waals surface area contributed by atoms with Crippen molar-refractivity contribution >= 4 is 69.8 Å². The lowest BCUT2D eigenvalue weighted by molar-refractivity contribution is -0.113. The van der Waals surface area contributed by atoms with Gasteiger partial charge in [0.05, 0.1) is 16.5 Å². The van der Waals surface area contributed by atoms with Crippen LogP contribution in [0, 0.1) is 0 Å². The first-order valence-corrected chi connectivity index (χ1v) is 11.8. The van der Waals surface area contributed by atoms with E-state index in [1.54, 1.807) is 42.5 Å². The fraction of sp³-hybridized carbons (Fsp3) is 0.0455. The molecule has 1 heterocycles. The van der Waals surface area contributed by atoms with Gasteiger partial charge >= 0.3 is 0 Å². The fourth-order valence-corrected chi connectivity index (χ4v) is 4.34. The van der Waals surface area contributed by atoms with E-state index in [-0.39, 0.29) is 11.7 Å². The quantitative estimate of drug-likeness (QED) is 0.270. The van der Waals surface area contributed by atoms with E-state index in [1.807, 2.05) is 28.8 Å². The molecule has 0 radical (unpaired) electrons. The second kappa shape index (κ2) is 10.1. The zero-order valence-electron chi connectivity index (χ0n) is 16.2. The molecule has 0 unspecified atom stereocenters. The molecule has 0 aliphatic rings. The van der Waals surface area contributed by atoms with Gasteiger partial charge < -0.3 is 5.32 Å². The highest BCUT2D eigenvalue weighted by molar-refractivity contribution is 7.99. The number of carbonyl (C=O) groups excluding carboxylic acids is 1. The first-order valence-electron chi connectivity index (χ1n) is 9.26. The number of carbonyl (C=O) groups is 1. The first kappa shape index (κ1) is 23.0. The van der Waals surface area contributed by atoms with Gasteiger partial charge in [0.25, 0.3) is 0 Å². The molecular formula is C22H14Cl4N4OS. The van der Waals surface area contributed by atoms with Gasteiger partial charge in [-0.05, 0) is 66.7 Å². The molecule has 1 aromatic heterocycles. The summed E-state index contributed by atoms with van der Waals surface area (Å²) in [7, 11) is 0. The van der Waals surface area contributed by atoms with Crippen molar-refractivity contribution in [2.45, 2.75) is 5.16 Å². The molecule has 32 heavy (non-hydrogen) atoms. The predicted molar refractivity (Wildman–Crippen MR) is 133 cm³/mol. The minimum atomic E-state index is -0.238. The largest absolute Gasteiger partial charge is 0.324 e. The molecule has 10 heteroatoms. The third-order valence-electron chi connectivity index (χ3n) is 4.36. The number of anilines is 1. The molecular weight excluding hydrogens is 510 g/mol. The van der Waals surface area contributed by atoms with Crippen molar-refractivity contribution in [1.82, 2.24) is 14.8 Å². The molecule has 4 rings (SSSR count). The molecule has 0 saturated heterocycles. The van der Waals surface area contributed by atoms with Gasteiger partial charge in [-0.2, -0.15) is 0 Å². The predicted octanol–water partition coefficient (Wildman–Crippen LogP) is 7.28. The lowest BCUT2D eigenvalue weighted by atomic mass is 10.2. The van der Waals surface area contributed by atoms with E-state index in [2.05, 4.69) is 15.5 Å². The minimum Gasteiger partial charge on any atom is -0.324 e. The van der Waals surface area contributed by atoms with E-state index in [4.69, 9.17) is 46.4 Å². The van der Waals surface area contributed by atoms with Crippen LogP contribution in [0.2, 0.25) is 20.1 Å². The highest BCUT2D eigenvalue weighted by Crippen LogP contribution is 2.30. The van der Waals surface area contributed by atoms with Crippen LogP contribution >= 0.6 is 58.2 Å². The van der Waals surface area contributed by atoms with E-state index >= 15 is 0 Å². The maximum atomic E-state index is 12.5. The van der Waals surface area contributed by atoms with Gasteiger partial charge in [0.1, 0.15) is 0 Å². The Morgan fingerprint density at radius 3 is 2.12 bits per heavy atom. The number of benzene rings is 3. The van der Waals surface area contributed by atoms with E-state index in [0.717, 1.165) is 11.3 Å². The first-order chi connectivity index (χ1) is 15.4. The number of rotatable bonds is 6.